The van der Waals surface area contributed by atoms with Crippen LogP contribution in [0.3, 0.4) is 0 Å². The first-order valence-corrected chi connectivity index (χ1v) is 11.9. The highest BCUT2D eigenvalue weighted by Gasteiger charge is 2.37. The van der Waals surface area contributed by atoms with Crippen molar-refractivity contribution in [3.8, 4) is 10.6 Å². The standard InChI is InChI=1S/C20H19ClF3N7OS2/c1-30-3-4-33-15-7-14(34-17(15)18(30)32)16-9(20(22,23)24)8-27-19(29-16)28-12-6-11(25)13(31(2)26)5-10(12)21/h5-8H,3-4,25-26H2,1-2H3,(H,27,28,29). The van der Waals surface area contributed by atoms with E-state index in [2.05, 4.69) is 15.3 Å². The number of anilines is 4. The average Bonchev–Trinajstić information content (AvgIpc) is 3.13. The number of fused-ring (bicyclic) bond motifs is 1. The summed E-state index contributed by atoms with van der Waals surface area (Å²) in [5.41, 5.74) is 5.72. The topological polar surface area (TPSA) is 113 Å². The number of thioether (sulfide) groups is 1. The zero-order valence-corrected chi connectivity index (χ0v) is 20.3. The molecule has 0 unspecified atom stereocenters. The van der Waals surface area contributed by atoms with Crippen molar-refractivity contribution in [2.45, 2.75) is 11.1 Å². The van der Waals surface area contributed by atoms with Crippen molar-refractivity contribution in [2.75, 3.05) is 42.5 Å². The summed E-state index contributed by atoms with van der Waals surface area (Å²) in [7, 11) is 3.25. The van der Waals surface area contributed by atoms with Crippen LogP contribution >= 0.6 is 34.7 Å². The maximum Gasteiger partial charge on any atom is 0.420 e. The Morgan fingerprint density at radius 2 is 2.03 bits per heavy atom. The maximum atomic E-state index is 13.8. The molecule has 180 valence electrons. The van der Waals surface area contributed by atoms with Crippen LogP contribution in [0.15, 0.2) is 29.3 Å². The molecule has 0 saturated carbocycles. The second-order valence-corrected chi connectivity index (χ2v) is 10.1. The van der Waals surface area contributed by atoms with Gasteiger partial charge in [-0.05, 0) is 18.2 Å². The third-order valence-electron chi connectivity index (χ3n) is 4.99. The Labute approximate surface area is 206 Å². The molecule has 4 rings (SSSR count). The summed E-state index contributed by atoms with van der Waals surface area (Å²) in [5.74, 6) is 6.01. The number of hydrogen-bond acceptors (Lipinski definition) is 9. The van der Waals surface area contributed by atoms with Gasteiger partial charge in [-0.2, -0.15) is 13.2 Å². The lowest BCUT2D eigenvalue weighted by molar-refractivity contribution is -0.137. The van der Waals surface area contributed by atoms with Gasteiger partial charge in [-0.3, -0.25) is 4.79 Å². The van der Waals surface area contributed by atoms with Gasteiger partial charge in [0, 0.05) is 37.5 Å². The van der Waals surface area contributed by atoms with Crippen LogP contribution < -0.4 is 21.9 Å². The molecule has 8 nitrogen and oxygen atoms in total. The number of nitrogens with two attached hydrogens (primary N) is 2. The van der Waals surface area contributed by atoms with Crippen LogP contribution in [0.4, 0.5) is 36.2 Å². The molecule has 2 aromatic heterocycles. The molecule has 3 aromatic rings. The molecule has 14 heteroatoms. The summed E-state index contributed by atoms with van der Waals surface area (Å²) in [4.78, 5) is 23.4. The number of aromatic nitrogens is 2. The normalized spacial score (nSPS) is 14.1. The highest BCUT2D eigenvalue weighted by molar-refractivity contribution is 7.99. The SMILES string of the molecule is CN1CCSc2cc(-c3nc(Nc4cc(N)c(N(C)N)cc4Cl)ncc3C(F)(F)F)sc2C1=O. The van der Waals surface area contributed by atoms with Crippen LogP contribution in [-0.4, -0.2) is 47.2 Å². The number of nitrogen functional groups attached to an aromatic ring is 1. The number of nitrogens with zero attached hydrogens (tertiary/aromatic N) is 4. The van der Waals surface area contributed by atoms with Gasteiger partial charge < -0.3 is 21.0 Å². The first-order valence-electron chi connectivity index (χ1n) is 9.77. The summed E-state index contributed by atoms with van der Waals surface area (Å²) in [5, 5.41) is 4.33. The number of carbonyl (C=O) groups excluding carboxylic acids is 1. The van der Waals surface area contributed by atoms with Crippen molar-refractivity contribution in [3.05, 3.63) is 39.9 Å². The molecule has 0 fully saturated rings. The van der Waals surface area contributed by atoms with E-state index >= 15 is 0 Å². The largest absolute Gasteiger partial charge is 0.420 e. The lowest BCUT2D eigenvalue weighted by atomic mass is 10.2. The molecule has 34 heavy (non-hydrogen) atoms. The number of rotatable bonds is 4. The Morgan fingerprint density at radius 1 is 1.29 bits per heavy atom. The van der Waals surface area contributed by atoms with Crippen LogP contribution in [0.2, 0.25) is 5.02 Å². The maximum absolute atomic E-state index is 13.8. The molecule has 0 atom stereocenters. The van der Waals surface area contributed by atoms with Gasteiger partial charge in [0.2, 0.25) is 5.95 Å². The molecule has 1 aliphatic heterocycles. The van der Waals surface area contributed by atoms with Crippen LogP contribution in [0.5, 0.6) is 0 Å². The van der Waals surface area contributed by atoms with Gasteiger partial charge in [0.1, 0.15) is 10.4 Å². The van der Waals surface area contributed by atoms with Gasteiger partial charge in [0.15, 0.2) is 0 Å². The van der Waals surface area contributed by atoms with E-state index in [4.69, 9.17) is 23.2 Å². The monoisotopic (exact) mass is 529 g/mol. The van der Waals surface area contributed by atoms with Crippen LogP contribution in [0, 0.1) is 0 Å². The summed E-state index contributed by atoms with van der Waals surface area (Å²) >= 11 is 8.69. The van der Waals surface area contributed by atoms with E-state index in [-0.39, 0.29) is 27.4 Å². The summed E-state index contributed by atoms with van der Waals surface area (Å²) in [6, 6.07) is 4.57. The van der Waals surface area contributed by atoms with E-state index in [0.717, 1.165) is 11.3 Å². The molecule has 0 radical (unpaired) electrons. The molecule has 1 aromatic carbocycles. The number of nitrogens with one attached hydrogen (secondary N) is 1. The smallest absolute Gasteiger partial charge is 0.397 e. The number of hydrogen-bond donors (Lipinski definition) is 3. The number of amides is 1. The Hall–Kier alpha value is -2.74. The van der Waals surface area contributed by atoms with Crippen molar-refractivity contribution in [2.24, 2.45) is 5.84 Å². The van der Waals surface area contributed by atoms with Crippen molar-refractivity contribution in [3.63, 3.8) is 0 Å². The highest BCUT2D eigenvalue weighted by Crippen LogP contribution is 2.43. The first kappa shape index (κ1) is 24.4. The third-order valence-corrected chi connectivity index (χ3v) is 7.58. The average molecular weight is 530 g/mol. The van der Waals surface area contributed by atoms with Gasteiger partial charge in [-0.15, -0.1) is 23.1 Å². The minimum absolute atomic E-state index is 0.113. The van der Waals surface area contributed by atoms with Crippen molar-refractivity contribution in [1.82, 2.24) is 14.9 Å². The molecule has 1 aliphatic rings. The van der Waals surface area contributed by atoms with Crippen molar-refractivity contribution in [1.29, 1.82) is 0 Å². The molecule has 0 spiro atoms. The predicted molar refractivity (Wildman–Crippen MR) is 130 cm³/mol. The Bertz CT molecular complexity index is 1270. The Morgan fingerprint density at radius 3 is 2.71 bits per heavy atom. The van der Waals surface area contributed by atoms with E-state index in [0.29, 0.717) is 45.3 Å². The van der Waals surface area contributed by atoms with E-state index in [1.807, 2.05) is 0 Å². The van der Waals surface area contributed by atoms with E-state index in [9.17, 15) is 18.0 Å². The molecular weight excluding hydrogens is 511 g/mol. The predicted octanol–water partition coefficient (Wildman–Crippen LogP) is 4.69. The van der Waals surface area contributed by atoms with Gasteiger partial charge in [0.05, 0.1) is 32.7 Å². The summed E-state index contributed by atoms with van der Waals surface area (Å²) in [6.45, 7) is 0.554. The second-order valence-electron chi connectivity index (χ2n) is 7.46. The zero-order valence-electron chi connectivity index (χ0n) is 17.9. The van der Waals surface area contributed by atoms with Crippen LogP contribution in [0.25, 0.3) is 10.6 Å². The minimum atomic E-state index is -4.70. The lowest BCUT2D eigenvalue weighted by Gasteiger charge is -2.18. The van der Waals surface area contributed by atoms with Crippen molar-refractivity contribution >= 4 is 63.6 Å². The molecule has 1 amide bonds. The van der Waals surface area contributed by atoms with Crippen LogP contribution in [-0.2, 0) is 6.18 Å². The van der Waals surface area contributed by atoms with E-state index in [1.54, 1.807) is 25.1 Å². The number of hydrazine groups is 1. The Kier molecular flexibility index (Phi) is 6.55. The summed E-state index contributed by atoms with van der Waals surface area (Å²) in [6.07, 6.45) is -3.99. The molecule has 0 bridgehead atoms. The van der Waals surface area contributed by atoms with Crippen molar-refractivity contribution < 1.29 is 18.0 Å². The molecular formula is C20H19ClF3N7OS2. The van der Waals surface area contributed by atoms with E-state index < -0.39 is 11.7 Å². The van der Waals surface area contributed by atoms with Gasteiger partial charge >= 0.3 is 6.18 Å². The molecule has 0 saturated heterocycles. The second kappa shape index (κ2) is 9.13. The number of thiophene rings is 1. The molecule has 5 N–H and O–H groups in total. The third kappa shape index (κ3) is 4.73. The summed E-state index contributed by atoms with van der Waals surface area (Å²) < 4.78 is 41.4. The quantitative estimate of drug-likeness (QED) is 0.253. The van der Waals surface area contributed by atoms with Gasteiger partial charge in [0.25, 0.3) is 5.91 Å². The van der Waals surface area contributed by atoms with Gasteiger partial charge in [-0.1, -0.05) is 11.6 Å². The number of carbonyl (C=O) groups is 1. The fourth-order valence-corrected chi connectivity index (χ4v) is 5.89. The Balaban J connectivity index is 1.77. The molecule has 0 aliphatic carbocycles. The number of halogens is 4. The highest BCUT2D eigenvalue weighted by atomic mass is 35.5. The van der Waals surface area contributed by atoms with Gasteiger partial charge in [-0.25, -0.2) is 15.8 Å². The first-order chi connectivity index (χ1) is 16.0. The minimum Gasteiger partial charge on any atom is -0.397 e. The zero-order chi connectivity index (χ0) is 24.8. The molecule has 3 heterocycles. The number of alkyl halides is 3. The van der Waals surface area contributed by atoms with Crippen LogP contribution in [0.1, 0.15) is 15.2 Å². The lowest BCUT2D eigenvalue weighted by Crippen LogP contribution is -2.26. The fraction of sp³-hybridized carbons (Fsp3) is 0.250. The van der Waals surface area contributed by atoms with E-state index in [1.165, 1.54) is 28.9 Å². The number of benzene rings is 1. The fourth-order valence-electron chi connectivity index (χ4n) is 3.25.